The van der Waals surface area contributed by atoms with Gasteiger partial charge in [0.15, 0.2) is 0 Å². The molecule has 2 N–H and O–H groups in total. The van der Waals surface area contributed by atoms with Gasteiger partial charge in [0.05, 0.1) is 15.7 Å². The number of benzene rings is 1. The Balaban J connectivity index is 2.07. The minimum Gasteiger partial charge on any atom is -0.455 e. The normalized spacial score (nSPS) is 10.5. The van der Waals surface area contributed by atoms with E-state index in [-0.39, 0.29) is 6.61 Å². The Morgan fingerprint density at radius 2 is 2.21 bits per heavy atom. The molecule has 0 aliphatic rings. The average molecular weight is 341 g/mol. The highest BCUT2D eigenvalue weighted by molar-refractivity contribution is 9.10. The smallest absolute Gasteiger partial charge is 0.339 e. The first-order valence-electron chi connectivity index (χ1n) is 5.63. The van der Waals surface area contributed by atoms with E-state index < -0.39 is 5.97 Å². The topological polar surface area (TPSA) is 65.2 Å². The van der Waals surface area contributed by atoms with Crippen molar-refractivity contribution in [3.05, 3.63) is 43.8 Å². The van der Waals surface area contributed by atoms with Crippen LogP contribution in [0.15, 0.2) is 22.7 Å². The predicted octanol–water partition coefficient (Wildman–Crippen LogP) is 3.46. The average Bonchev–Trinajstić information content (AvgIpc) is 2.69. The molecule has 100 valence electrons. The van der Waals surface area contributed by atoms with Crippen molar-refractivity contribution in [2.24, 2.45) is 0 Å². The van der Waals surface area contributed by atoms with Crippen molar-refractivity contribution in [2.75, 3.05) is 5.73 Å². The number of ether oxygens (including phenoxy) is 1. The first-order valence-corrected chi connectivity index (χ1v) is 7.24. The molecule has 0 aliphatic carbocycles. The second-order valence-electron chi connectivity index (χ2n) is 4.03. The van der Waals surface area contributed by atoms with Crippen LogP contribution in [0.1, 0.15) is 25.9 Å². The number of thiazole rings is 1. The minimum absolute atomic E-state index is 0.180. The van der Waals surface area contributed by atoms with E-state index in [2.05, 4.69) is 20.9 Å². The van der Waals surface area contributed by atoms with Crippen molar-refractivity contribution >= 4 is 38.9 Å². The molecule has 0 amide bonds. The summed E-state index contributed by atoms with van der Waals surface area (Å²) in [5.41, 5.74) is 7.63. The number of rotatable bonds is 3. The molecule has 2 rings (SSSR count). The standard InChI is InChI=1S/C13H13BrN2O2S/c1-7-8(2)19-11(16-7)6-18-13(17)9-4-3-5-10(15)12(9)14/h3-5H,6,15H2,1-2H3. The fraction of sp³-hybridized carbons (Fsp3) is 0.231. The lowest BCUT2D eigenvalue weighted by Crippen LogP contribution is -2.07. The maximum Gasteiger partial charge on any atom is 0.339 e. The molecule has 1 aromatic carbocycles. The van der Waals surface area contributed by atoms with E-state index in [1.54, 1.807) is 18.2 Å². The van der Waals surface area contributed by atoms with E-state index in [0.717, 1.165) is 15.6 Å². The lowest BCUT2D eigenvalue weighted by atomic mass is 10.2. The highest BCUT2D eigenvalue weighted by Crippen LogP contribution is 2.25. The van der Waals surface area contributed by atoms with Gasteiger partial charge in [0.25, 0.3) is 0 Å². The van der Waals surface area contributed by atoms with Gasteiger partial charge in [-0.3, -0.25) is 0 Å². The second-order valence-corrected chi connectivity index (χ2v) is 6.11. The fourth-order valence-corrected chi connectivity index (χ4v) is 2.79. The number of hydrogen-bond donors (Lipinski definition) is 1. The third-order valence-corrected chi connectivity index (χ3v) is 4.58. The zero-order valence-corrected chi connectivity index (χ0v) is 13.0. The van der Waals surface area contributed by atoms with E-state index >= 15 is 0 Å². The number of esters is 1. The zero-order chi connectivity index (χ0) is 14.0. The van der Waals surface area contributed by atoms with Gasteiger partial charge in [-0.15, -0.1) is 11.3 Å². The number of nitrogens with two attached hydrogens (primary N) is 1. The molecule has 19 heavy (non-hydrogen) atoms. The van der Waals surface area contributed by atoms with E-state index in [0.29, 0.717) is 15.7 Å². The summed E-state index contributed by atoms with van der Waals surface area (Å²) in [4.78, 5) is 17.4. The fourth-order valence-electron chi connectivity index (χ4n) is 1.51. The van der Waals surface area contributed by atoms with Crippen LogP contribution in [-0.4, -0.2) is 11.0 Å². The number of carbonyl (C=O) groups excluding carboxylic acids is 1. The molecule has 0 atom stereocenters. The number of nitrogen functional groups attached to an aromatic ring is 1. The van der Waals surface area contributed by atoms with Gasteiger partial charge in [0.1, 0.15) is 11.6 Å². The second kappa shape index (κ2) is 5.71. The highest BCUT2D eigenvalue weighted by atomic mass is 79.9. The number of aryl methyl sites for hydroxylation is 2. The van der Waals surface area contributed by atoms with E-state index in [4.69, 9.17) is 10.5 Å². The maximum atomic E-state index is 12.0. The van der Waals surface area contributed by atoms with Crippen molar-refractivity contribution < 1.29 is 9.53 Å². The Bertz CT molecular complexity index is 606. The molecule has 0 saturated heterocycles. The molecule has 0 saturated carbocycles. The number of aromatic nitrogens is 1. The summed E-state index contributed by atoms with van der Waals surface area (Å²) in [6.07, 6.45) is 0. The molecule has 1 heterocycles. The summed E-state index contributed by atoms with van der Waals surface area (Å²) in [5.74, 6) is -0.412. The molecular weight excluding hydrogens is 328 g/mol. The van der Waals surface area contributed by atoms with Crippen LogP contribution in [0.25, 0.3) is 0 Å². The SMILES string of the molecule is Cc1nc(COC(=O)c2cccc(N)c2Br)sc1C. The van der Waals surface area contributed by atoms with Gasteiger partial charge in [-0.05, 0) is 41.9 Å². The third kappa shape index (κ3) is 3.13. The van der Waals surface area contributed by atoms with Crippen molar-refractivity contribution in [2.45, 2.75) is 20.5 Å². The van der Waals surface area contributed by atoms with Gasteiger partial charge in [-0.2, -0.15) is 0 Å². The molecule has 0 spiro atoms. The van der Waals surface area contributed by atoms with Crippen LogP contribution in [0.4, 0.5) is 5.69 Å². The van der Waals surface area contributed by atoms with Crippen LogP contribution in [0.5, 0.6) is 0 Å². The number of halogens is 1. The zero-order valence-electron chi connectivity index (χ0n) is 10.6. The third-order valence-electron chi connectivity index (χ3n) is 2.65. The molecule has 6 heteroatoms. The van der Waals surface area contributed by atoms with Gasteiger partial charge >= 0.3 is 5.97 Å². The molecule has 0 fully saturated rings. The van der Waals surface area contributed by atoms with Crippen molar-refractivity contribution in [1.82, 2.24) is 4.98 Å². The van der Waals surface area contributed by atoms with Gasteiger partial charge in [0.2, 0.25) is 0 Å². The molecule has 2 aromatic rings. The van der Waals surface area contributed by atoms with Gasteiger partial charge in [0, 0.05) is 10.6 Å². The van der Waals surface area contributed by atoms with E-state index in [1.165, 1.54) is 11.3 Å². The van der Waals surface area contributed by atoms with Gasteiger partial charge < -0.3 is 10.5 Å². The van der Waals surface area contributed by atoms with E-state index in [1.807, 2.05) is 13.8 Å². The molecule has 0 aliphatic heterocycles. The van der Waals surface area contributed by atoms with Crippen LogP contribution < -0.4 is 5.73 Å². The Labute approximate surface area is 123 Å². The number of anilines is 1. The minimum atomic E-state index is -0.412. The summed E-state index contributed by atoms with van der Waals surface area (Å²) < 4.78 is 5.80. The van der Waals surface area contributed by atoms with Crippen LogP contribution >= 0.6 is 27.3 Å². The number of hydrogen-bond acceptors (Lipinski definition) is 5. The summed E-state index contributed by atoms with van der Waals surface area (Å²) in [6, 6.07) is 5.10. The Morgan fingerprint density at radius 3 is 2.84 bits per heavy atom. The summed E-state index contributed by atoms with van der Waals surface area (Å²) in [7, 11) is 0. The van der Waals surface area contributed by atoms with Crippen LogP contribution in [0, 0.1) is 13.8 Å². The lowest BCUT2D eigenvalue weighted by molar-refractivity contribution is 0.0471. The van der Waals surface area contributed by atoms with Crippen LogP contribution in [-0.2, 0) is 11.3 Å². The highest BCUT2D eigenvalue weighted by Gasteiger charge is 2.14. The van der Waals surface area contributed by atoms with Crippen molar-refractivity contribution in [3.63, 3.8) is 0 Å². The van der Waals surface area contributed by atoms with Gasteiger partial charge in [-0.1, -0.05) is 6.07 Å². The maximum absolute atomic E-state index is 12.0. The molecule has 1 aromatic heterocycles. The summed E-state index contributed by atoms with van der Waals surface area (Å²) in [5, 5.41) is 0.795. The molecular formula is C13H13BrN2O2S. The van der Waals surface area contributed by atoms with Crippen molar-refractivity contribution in [1.29, 1.82) is 0 Å². The Kier molecular flexibility index (Phi) is 4.21. The summed E-state index contributed by atoms with van der Waals surface area (Å²) in [6.45, 7) is 4.11. The first kappa shape index (κ1) is 14.0. The Morgan fingerprint density at radius 1 is 1.47 bits per heavy atom. The largest absolute Gasteiger partial charge is 0.455 e. The Hall–Kier alpha value is -1.40. The van der Waals surface area contributed by atoms with E-state index in [9.17, 15) is 4.79 Å². The van der Waals surface area contributed by atoms with Crippen LogP contribution in [0.2, 0.25) is 0 Å². The predicted molar refractivity (Wildman–Crippen MR) is 79.3 cm³/mol. The lowest BCUT2D eigenvalue weighted by Gasteiger charge is -2.06. The quantitative estimate of drug-likeness (QED) is 0.686. The first-order chi connectivity index (χ1) is 8.99. The monoisotopic (exact) mass is 340 g/mol. The summed E-state index contributed by atoms with van der Waals surface area (Å²) >= 11 is 4.82. The molecule has 0 unspecified atom stereocenters. The molecule has 0 radical (unpaired) electrons. The van der Waals surface area contributed by atoms with Crippen LogP contribution in [0.3, 0.4) is 0 Å². The molecule has 4 nitrogen and oxygen atoms in total. The van der Waals surface area contributed by atoms with Gasteiger partial charge in [-0.25, -0.2) is 9.78 Å². The number of carbonyl (C=O) groups is 1. The molecule has 0 bridgehead atoms. The van der Waals surface area contributed by atoms with Crippen molar-refractivity contribution in [3.8, 4) is 0 Å². The number of nitrogens with zero attached hydrogens (tertiary/aromatic N) is 1.